The molecule has 2 N–H and O–H groups in total. The molecular formula is C21H22N6O. The SMILES string of the molecule is CCn1cc(-c2ccnc3[nH]ccc23)c(-c2ccc(NC(=O)N(C)C)cc2)n1. The summed E-state index contributed by atoms with van der Waals surface area (Å²) in [6, 6.07) is 11.6. The van der Waals surface area contributed by atoms with Crippen LogP contribution in [0.3, 0.4) is 0 Å². The van der Waals surface area contributed by atoms with Gasteiger partial charge in [-0.1, -0.05) is 12.1 Å². The third-order valence-electron chi connectivity index (χ3n) is 4.65. The van der Waals surface area contributed by atoms with Crippen LogP contribution in [0.5, 0.6) is 0 Å². The van der Waals surface area contributed by atoms with E-state index in [-0.39, 0.29) is 6.03 Å². The molecule has 4 aromatic rings. The van der Waals surface area contributed by atoms with Gasteiger partial charge in [-0.15, -0.1) is 0 Å². The Morgan fingerprint density at radius 1 is 1.14 bits per heavy atom. The molecule has 7 heteroatoms. The summed E-state index contributed by atoms with van der Waals surface area (Å²) in [5, 5.41) is 8.69. The maximum absolute atomic E-state index is 11.8. The minimum Gasteiger partial charge on any atom is -0.346 e. The van der Waals surface area contributed by atoms with Crippen molar-refractivity contribution in [2.45, 2.75) is 13.5 Å². The summed E-state index contributed by atoms with van der Waals surface area (Å²) in [4.78, 5) is 20.9. The van der Waals surface area contributed by atoms with Crippen molar-refractivity contribution in [2.75, 3.05) is 19.4 Å². The minimum absolute atomic E-state index is 0.157. The number of hydrogen-bond acceptors (Lipinski definition) is 3. The van der Waals surface area contributed by atoms with Crippen molar-refractivity contribution in [3.63, 3.8) is 0 Å². The smallest absolute Gasteiger partial charge is 0.321 e. The van der Waals surface area contributed by atoms with E-state index in [0.29, 0.717) is 0 Å². The molecule has 0 atom stereocenters. The van der Waals surface area contributed by atoms with Crippen LogP contribution in [0.4, 0.5) is 10.5 Å². The maximum atomic E-state index is 11.8. The lowest BCUT2D eigenvalue weighted by atomic mass is 10.0. The van der Waals surface area contributed by atoms with Crippen molar-refractivity contribution in [2.24, 2.45) is 0 Å². The summed E-state index contributed by atoms with van der Waals surface area (Å²) in [5.41, 5.74) is 5.64. The summed E-state index contributed by atoms with van der Waals surface area (Å²) < 4.78 is 1.94. The molecule has 0 aliphatic carbocycles. The summed E-state index contributed by atoms with van der Waals surface area (Å²) in [5.74, 6) is 0. The highest BCUT2D eigenvalue weighted by Gasteiger charge is 2.16. The standard InChI is InChI=1S/C21H22N6O/c1-4-27-13-18(16-9-11-22-20-17(16)10-12-23-20)19(25-27)14-5-7-15(8-6-14)24-21(28)26(2)3/h5-13H,4H2,1-3H3,(H,22,23)(H,24,28). The van der Waals surface area contributed by atoms with Gasteiger partial charge in [-0.25, -0.2) is 9.78 Å². The number of H-pyrrole nitrogens is 1. The molecule has 0 spiro atoms. The zero-order valence-electron chi connectivity index (χ0n) is 16.1. The molecule has 0 bridgehead atoms. The van der Waals surface area contributed by atoms with Crippen LogP contribution in [0.15, 0.2) is 55.0 Å². The number of pyridine rings is 1. The van der Waals surface area contributed by atoms with Crippen molar-refractivity contribution < 1.29 is 4.79 Å². The Hall–Kier alpha value is -3.61. The Morgan fingerprint density at radius 3 is 2.64 bits per heavy atom. The fourth-order valence-corrected chi connectivity index (χ4v) is 3.14. The van der Waals surface area contributed by atoms with Crippen molar-refractivity contribution >= 4 is 22.8 Å². The first kappa shape index (κ1) is 17.8. The molecule has 0 radical (unpaired) electrons. The van der Waals surface area contributed by atoms with E-state index in [1.807, 2.05) is 47.3 Å². The first-order valence-electron chi connectivity index (χ1n) is 9.15. The molecule has 0 saturated heterocycles. The average Bonchev–Trinajstić information content (AvgIpc) is 3.35. The Morgan fingerprint density at radius 2 is 1.93 bits per heavy atom. The summed E-state index contributed by atoms with van der Waals surface area (Å²) in [6.07, 6.45) is 5.77. The monoisotopic (exact) mass is 374 g/mol. The number of aromatic amines is 1. The number of carbonyl (C=O) groups is 1. The van der Waals surface area contributed by atoms with Crippen LogP contribution in [0.25, 0.3) is 33.4 Å². The number of fused-ring (bicyclic) bond motifs is 1. The normalized spacial score (nSPS) is 11.0. The van der Waals surface area contributed by atoms with E-state index in [4.69, 9.17) is 5.10 Å². The number of benzene rings is 1. The number of rotatable bonds is 4. The van der Waals surface area contributed by atoms with E-state index < -0.39 is 0 Å². The predicted octanol–water partition coefficient (Wildman–Crippen LogP) is 4.21. The lowest BCUT2D eigenvalue weighted by molar-refractivity contribution is 0.230. The van der Waals surface area contributed by atoms with E-state index in [1.165, 1.54) is 4.90 Å². The third-order valence-corrected chi connectivity index (χ3v) is 4.65. The number of hydrogen-bond donors (Lipinski definition) is 2. The van der Waals surface area contributed by atoms with E-state index in [9.17, 15) is 4.79 Å². The molecule has 142 valence electrons. The van der Waals surface area contributed by atoms with Gasteiger partial charge in [-0.2, -0.15) is 5.10 Å². The van der Waals surface area contributed by atoms with Gasteiger partial charge >= 0.3 is 6.03 Å². The van der Waals surface area contributed by atoms with Crippen molar-refractivity contribution in [1.82, 2.24) is 24.6 Å². The molecule has 1 aromatic carbocycles. The highest BCUT2D eigenvalue weighted by Crippen LogP contribution is 2.35. The van der Waals surface area contributed by atoms with Gasteiger partial charge in [0.05, 0.1) is 0 Å². The van der Waals surface area contributed by atoms with Gasteiger partial charge in [-0.3, -0.25) is 4.68 Å². The lowest BCUT2D eigenvalue weighted by Gasteiger charge is -2.12. The molecule has 3 heterocycles. The van der Waals surface area contributed by atoms with Gasteiger partial charge in [0.2, 0.25) is 0 Å². The van der Waals surface area contributed by atoms with Crippen molar-refractivity contribution in [3.8, 4) is 22.4 Å². The van der Waals surface area contributed by atoms with Gasteiger partial charge in [-0.05, 0) is 36.8 Å². The fraction of sp³-hybridized carbons (Fsp3) is 0.190. The molecular weight excluding hydrogens is 352 g/mol. The molecule has 2 amide bonds. The summed E-state index contributed by atoms with van der Waals surface area (Å²) >= 11 is 0. The van der Waals surface area contributed by atoms with Gasteiger partial charge in [0.15, 0.2) is 0 Å². The van der Waals surface area contributed by atoms with Crippen LogP contribution >= 0.6 is 0 Å². The Balaban J connectivity index is 1.75. The van der Waals surface area contributed by atoms with E-state index in [2.05, 4.69) is 28.4 Å². The Labute approximate surface area is 163 Å². The third kappa shape index (κ3) is 3.22. The molecule has 0 aliphatic rings. The molecule has 0 saturated carbocycles. The summed E-state index contributed by atoms with van der Waals surface area (Å²) in [6.45, 7) is 2.85. The quantitative estimate of drug-likeness (QED) is 0.562. The van der Waals surface area contributed by atoms with Crippen LogP contribution < -0.4 is 5.32 Å². The fourth-order valence-electron chi connectivity index (χ4n) is 3.14. The number of aromatic nitrogens is 4. The number of urea groups is 1. The Bertz CT molecular complexity index is 1120. The molecule has 28 heavy (non-hydrogen) atoms. The molecule has 0 unspecified atom stereocenters. The second-order valence-electron chi connectivity index (χ2n) is 6.75. The van der Waals surface area contributed by atoms with Crippen LogP contribution in [0, 0.1) is 0 Å². The molecule has 7 nitrogen and oxygen atoms in total. The maximum Gasteiger partial charge on any atom is 0.321 e. The Kier molecular flexibility index (Phi) is 4.57. The van der Waals surface area contributed by atoms with Crippen LogP contribution in [0.1, 0.15) is 6.92 Å². The van der Waals surface area contributed by atoms with Crippen LogP contribution in [-0.2, 0) is 6.54 Å². The van der Waals surface area contributed by atoms with Crippen molar-refractivity contribution in [1.29, 1.82) is 0 Å². The number of carbonyl (C=O) groups excluding carboxylic acids is 1. The first-order valence-corrected chi connectivity index (χ1v) is 9.15. The predicted molar refractivity (Wildman–Crippen MR) is 111 cm³/mol. The molecule has 0 aliphatic heterocycles. The molecule has 0 fully saturated rings. The van der Waals surface area contributed by atoms with Gasteiger partial charge in [0, 0.05) is 61.4 Å². The van der Waals surface area contributed by atoms with Gasteiger partial charge in [0.1, 0.15) is 11.3 Å². The number of nitrogens with zero attached hydrogens (tertiary/aromatic N) is 4. The van der Waals surface area contributed by atoms with E-state index >= 15 is 0 Å². The second-order valence-corrected chi connectivity index (χ2v) is 6.75. The zero-order chi connectivity index (χ0) is 19.7. The lowest BCUT2D eigenvalue weighted by Crippen LogP contribution is -2.27. The van der Waals surface area contributed by atoms with E-state index in [1.54, 1.807) is 20.3 Å². The van der Waals surface area contributed by atoms with Gasteiger partial charge in [0.25, 0.3) is 0 Å². The van der Waals surface area contributed by atoms with Crippen LogP contribution in [0.2, 0.25) is 0 Å². The highest BCUT2D eigenvalue weighted by molar-refractivity contribution is 5.97. The molecule has 4 rings (SSSR count). The second kappa shape index (κ2) is 7.19. The van der Waals surface area contributed by atoms with Crippen LogP contribution in [-0.4, -0.2) is 44.8 Å². The largest absolute Gasteiger partial charge is 0.346 e. The average molecular weight is 374 g/mol. The van der Waals surface area contributed by atoms with Gasteiger partial charge < -0.3 is 15.2 Å². The number of amides is 2. The minimum atomic E-state index is -0.157. The number of aryl methyl sites for hydroxylation is 1. The van der Waals surface area contributed by atoms with E-state index in [0.717, 1.165) is 45.6 Å². The number of anilines is 1. The molecule has 3 aromatic heterocycles. The van der Waals surface area contributed by atoms with Crippen molar-refractivity contribution in [3.05, 3.63) is 55.0 Å². The highest BCUT2D eigenvalue weighted by atomic mass is 16.2. The summed E-state index contributed by atoms with van der Waals surface area (Å²) in [7, 11) is 3.42. The zero-order valence-corrected chi connectivity index (χ0v) is 16.1. The first-order chi connectivity index (χ1) is 13.6. The number of nitrogens with one attached hydrogen (secondary N) is 2. The topological polar surface area (TPSA) is 78.8 Å².